The Balaban J connectivity index is 0.000000720. The summed E-state index contributed by atoms with van der Waals surface area (Å²) in [5, 5.41) is 0.546. The number of aromatic amines is 1. The van der Waals surface area contributed by atoms with Gasteiger partial charge in [0.15, 0.2) is 0 Å². The number of H-pyrrole nitrogens is 1. The monoisotopic (exact) mass is 186 g/mol. The number of benzene rings is 1. The predicted octanol–water partition coefficient (Wildman–Crippen LogP) is 2.31. The van der Waals surface area contributed by atoms with E-state index in [1.54, 1.807) is 18.2 Å². The predicted molar refractivity (Wildman–Crippen MR) is 49.9 cm³/mol. The molecule has 2 rings (SSSR count). The molecule has 0 saturated carbocycles. The van der Waals surface area contributed by atoms with E-state index in [0.717, 1.165) is 5.52 Å². The summed E-state index contributed by atoms with van der Waals surface area (Å²) < 4.78 is 12.9. The van der Waals surface area contributed by atoms with Crippen LogP contribution in [-0.2, 0) is 0 Å². The normalized spacial score (nSPS) is 9.75. The quantitative estimate of drug-likeness (QED) is 0.652. The molecule has 0 atom stereocenters. The van der Waals surface area contributed by atoms with Gasteiger partial charge in [-0.3, -0.25) is 0 Å². The Morgan fingerprint density at radius 3 is 2.75 bits per heavy atom. The Morgan fingerprint density at radius 2 is 2.08 bits per heavy atom. The highest BCUT2D eigenvalue weighted by molar-refractivity contribution is 5.85. The molecule has 64 valence electrons. The van der Waals surface area contributed by atoms with Crippen LogP contribution in [0.15, 0.2) is 24.3 Å². The first-order valence-electron chi connectivity index (χ1n) is 3.30. The first kappa shape index (κ1) is 8.87. The Bertz CT molecular complexity index is 397. The third kappa shape index (κ3) is 1.23. The Morgan fingerprint density at radius 1 is 1.33 bits per heavy atom. The highest BCUT2D eigenvalue weighted by Gasteiger charge is 2.01. The van der Waals surface area contributed by atoms with Crippen molar-refractivity contribution in [1.82, 2.24) is 4.98 Å². The van der Waals surface area contributed by atoms with Crippen LogP contribution in [0.1, 0.15) is 0 Å². The molecule has 4 heteroatoms. The van der Waals surface area contributed by atoms with Crippen molar-refractivity contribution >= 4 is 29.1 Å². The summed E-state index contributed by atoms with van der Waals surface area (Å²) in [6, 6.07) is 6.43. The standard InChI is InChI=1S/C8H7FN2.ClH/c9-6-2-1-3-7-5(6)4-8(10)11-7;/h1-4,11H,10H2;1H. The zero-order valence-electron chi connectivity index (χ0n) is 6.17. The van der Waals surface area contributed by atoms with Crippen molar-refractivity contribution in [2.45, 2.75) is 0 Å². The van der Waals surface area contributed by atoms with Crippen molar-refractivity contribution in [3.05, 3.63) is 30.1 Å². The van der Waals surface area contributed by atoms with Crippen LogP contribution >= 0.6 is 12.4 Å². The molecule has 0 aliphatic rings. The van der Waals surface area contributed by atoms with E-state index in [2.05, 4.69) is 4.98 Å². The van der Waals surface area contributed by atoms with E-state index < -0.39 is 0 Å². The SMILES string of the molecule is Cl.Nc1cc2c(F)cccc2[nH]1. The molecule has 12 heavy (non-hydrogen) atoms. The third-order valence-corrected chi connectivity index (χ3v) is 1.63. The number of nitrogens with two attached hydrogens (primary N) is 1. The molecule has 2 aromatic rings. The van der Waals surface area contributed by atoms with Crippen molar-refractivity contribution in [3.8, 4) is 0 Å². The molecule has 0 bridgehead atoms. The number of aromatic nitrogens is 1. The second kappa shape index (κ2) is 3.03. The van der Waals surface area contributed by atoms with Gasteiger partial charge in [0.2, 0.25) is 0 Å². The summed E-state index contributed by atoms with van der Waals surface area (Å²) in [7, 11) is 0. The summed E-state index contributed by atoms with van der Waals surface area (Å²) in [6.07, 6.45) is 0. The number of nitrogens with one attached hydrogen (secondary N) is 1. The second-order valence-electron chi connectivity index (χ2n) is 2.43. The van der Waals surface area contributed by atoms with Gasteiger partial charge in [0.1, 0.15) is 11.6 Å². The first-order chi connectivity index (χ1) is 5.27. The zero-order chi connectivity index (χ0) is 7.84. The van der Waals surface area contributed by atoms with Gasteiger partial charge in [0.05, 0.1) is 0 Å². The molecule has 0 aliphatic carbocycles. The minimum absolute atomic E-state index is 0. The van der Waals surface area contributed by atoms with Gasteiger partial charge < -0.3 is 10.7 Å². The van der Waals surface area contributed by atoms with Crippen molar-refractivity contribution in [1.29, 1.82) is 0 Å². The van der Waals surface area contributed by atoms with Crippen molar-refractivity contribution in [3.63, 3.8) is 0 Å². The minimum Gasteiger partial charge on any atom is -0.385 e. The molecule has 0 spiro atoms. The van der Waals surface area contributed by atoms with E-state index in [9.17, 15) is 4.39 Å². The van der Waals surface area contributed by atoms with E-state index in [4.69, 9.17) is 5.73 Å². The number of hydrogen-bond acceptors (Lipinski definition) is 1. The molecular weight excluding hydrogens is 179 g/mol. The van der Waals surface area contributed by atoms with Crippen LogP contribution < -0.4 is 5.73 Å². The summed E-state index contributed by atoms with van der Waals surface area (Å²) in [5.41, 5.74) is 6.18. The number of nitrogen functional groups attached to an aromatic ring is 1. The molecule has 0 aliphatic heterocycles. The molecular formula is C8H8ClFN2. The fourth-order valence-electron chi connectivity index (χ4n) is 1.14. The highest BCUT2D eigenvalue weighted by Crippen LogP contribution is 2.18. The first-order valence-corrected chi connectivity index (χ1v) is 3.30. The largest absolute Gasteiger partial charge is 0.385 e. The maximum absolute atomic E-state index is 12.9. The molecule has 1 heterocycles. The van der Waals surface area contributed by atoms with Gasteiger partial charge in [-0.1, -0.05) is 6.07 Å². The summed E-state index contributed by atoms with van der Waals surface area (Å²) in [4.78, 5) is 2.84. The fraction of sp³-hybridized carbons (Fsp3) is 0. The number of halogens is 2. The zero-order valence-corrected chi connectivity index (χ0v) is 6.99. The van der Waals surface area contributed by atoms with Crippen LogP contribution in [0.25, 0.3) is 10.9 Å². The van der Waals surface area contributed by atoms with Crippen LogP contribution in [0.3, 0.4) is 0 Å². The van der Waals surface area contributed by atoms with E-state index in [-0.39, 0.29) is 18.2 Å². The molecule has 1 aromatic carbocycles. The number of hydrogen-bond donors (Lipinski definition) is 2. The van der Waals surface area contributed by atoms with Crippen molar-refractivity contribution < 1.29 is 4.39 Å². The fourth-order valence-corrected chi connectivity index (χ4v) is 1.14. The molecule has 0 radical (unpaired) electrons. The topological polar surface area (TPSA) is 41.8 Å². The van der Waals surface area contributed by atoms with Crippen molar-refractivity contribution in [2.24, 2.45) is 0 Å². The highest BCUT2D eigenvalue weighted by atomic mass is 35.5. The van der Waals surface area contributed by atoms with Gasteiger partial charge in [0.25, 0.3) is 0 Å². The minimum atomic E-state index is -0.240. The van der Waals surface area contributed by atoms with E-state index in [1.165, 1.54) is 6.07 Å². The number of rotatable bonds is 0. The van der Waals surface area contributed by atoms with Gasteiger partial charge in [-0.25, -0.2) is 4.39 Å². The van der Waals surface area contributed by atoms with Crippen LogP contribution in [0.4, 0.5) is 10.2 Å². The Kier molecular flexibility index (Phi) is 2.24. The van der Waals surface area contributed by atoms with E-state index >= 15 is 0 Å². The average molecular weight is 187 g/mol. The third-order valence-electron chi connectivity index (χ3n) is 1.63. The smallest absolute Gasteiger partial charge is 0.132 e. The van der Waals surface area contributed by atoms with Gasteiger partial charge in [0, 0.05) is 10.9 Å². The maximum Gasteiger partial charge on any atom is 0.132 e. The lowest BCUT2D eigenvalue weighted by Gasteiger charge is -1.88. The molecule has 0 fully saturated rings. The Hall–Kier alpha value is -1.22. The summed E-state index contributed by atoms with van der Waals surface area (Å²) >= 11 is 0. The maximum atomic E-state index is 12.9. The van der Waals surface area contributed by atoms with Crippen LogP contribution in [-0.4, -0.2) is 4.98 Å². The van der Waals surface area contributed by atoms with Gasteiger partial charge in [-0.05, 0) is 18.2 Å². The summed E-state index contributed by atoms with van der Waals surface area (Å²) in [6.45, 7) is 0. The molecule has 2 nitrogen and oxygen atoms in total. The molecule has 3 N–H and O–H groups in total. The van der Waals surface area contributed by atoms with Crippen LogP contribution in [0, 0.1) is 5.82 Å². The second-order valence-corrected chi connectivity index (χ2v) is 2.43. The van der Waals surface area contributed by atoms with Crippen LogP contribution in [0.2, 0.25) is 0 Å². The molecule has 0 saturated heterocycles. The number of fused-ring (bicyclic) bond motifs is 1. The lowest BCUT2D eigenvalue weighted by Crippen LogP contribution is -1.80. The van der Waals surface area contributed by atoms with Gasteiger partial charge >= 0.3 is 0 Å². The van der Waals surface area contributed by atoms with E-state index in [1.807, 2.05) is 0 Å². The molecule has 0 unspecified atom stereocenters. The number of anilines is 1. The Labute approximate surface area is 75.0 Å². The molecule has 1 aromatic heterocycles. The van der Waals surface area contributed by atoms with Crippen LogP contribution in [0.5, 0.6) is 0 Å². The van der Waals surface area contributed by atoms with E-state index in [0.29, 0.717) is 11.2 Å². The molecule has 0 amide bonds. The van der Waals surface area contributed by atoms with Gasteiger partial charge in [-0.15, -0.1) is 12.4 Å². The lowest BCUT2D eigenvalue weighted by molar-refractivity contribution is 0.640. The van der Waals surface area contributed by atoms with Crippen molar-refractivity contribution in [2.75, 3.05) is 5.73 Å². The average Bonchev–Trinajstić information content (AvgIpc) is 2.31. The van der Waals surface area contributed by atoms with Gasteiger partial charge in [-0.2, -0.15) is 0 Å². The lowest BCUT2D eigenvalue weighted by atomic mass is 10.2. The summed E-state index contributed by atoms with van der Waals surface area (Å²) in [5.74, 6) is 0.251.